The van der Waals surface area contributed by atoms with Crippen LogP contribution >= 0.6 is 0 Å². The number of aliphatic hydroxyl groups is 1. The number of hydrogen-bond acceptors (Lipinski definition) is 3. The van der Waals surface area contributed by atoms with E-state index >= 15 is 0 Å². The van der Waals surface area contributed by atoms with Crippen LogP contribution in [0.15, 0.2) is 30.3 Å². The first-order valence-electron chi connectivity index (χ1n) is 7.56. The van der Waals surface area contributed by atoms with Crippen molar-refractivity contribution in [2.24, 2.45) is 0 Å². The first kappa shape index (κ1) is 15.7. The Morgan fingerprint density at radius 1 is 1.24 bits per heavy atom. The Balaban J connectivity index is 1.93. The first-order valence-corrected chi connectivity index (χ1v) is 7.56. The molecule has 114 valence electrons. The summed E-state index contributed by atoms with van der Waals surface area (Å²) in [7, 11) is 0. The maximum absolute atomic E-state index is 12.3. The molecule has 0 spiro atoms. The number of aryl methyl sites for hydroxylation is 1. The van der Waals surface area contributed by atoms with Crippen molar-refractivity contribution in [3.63, 3.8) is 0 Å². The fraction of sp³-hybridized carbons (Fsp3) is 0.471. The summed E-state index contributed by atoms with van der Waals surface area (Å²) in [5.41, 5.74) is 2.26. The molecule has 1 heterocycles. The summed E-state index contributed by atoms with van der Waals surface area (Å²) >= 11 is 0. The van der Waals surface area contributed by atoms with Gasteiger partial charge in [-0.05, 0) is 37.1 Å². The molecule has 1 saturated heterocycles. The van der Waals surface area contributed by atoms with Crippen LogP contribution in [0, 0.1) is 6.92 Å². The number of β-amino-alcohol motifs (C(OH)–C–C–N with tert-alkyl or cyclic N) is 1. The van der Waals surface area contributed by atoms with Gasteiger partial charge in [-0.3, -0.25) is 9.69 Å². The third-order valence-corrected chi connectivity index (χ3v) is 3.91. The van der Waals surface area contributed by atoms with Gasteiger partial charge in [-0.15, -0.1) is 0 Å². The molecular weight excluding hydrogens is 264 g/mol. The highest BCUT2D eigenvalue weighted by molar-refractivity contribution is 5.92. The van der Waals surface area contributed by atoms with Gasteiger partial charge in [0, 0.05) is 32.3 Å². The van der Waals surface area contributed by atoms with Gasteiger partial charge < -0.3 is 10.0 Å². The van der Waals surface area contributed by atoms with Crippen LogP contribution in [0.3, 0.4) is 0 Å². The quantitative estimate of drug-likeness (QED) is 0.855. The zero-order valence-corrected chi connectivity index (χ0v) is 12.7. The fourth-order valence-electron chi connectivity index (χ4n) is 2.60. The first-order chi connectivity index (χ1) is 10.2. The Hall–Kier alpha value is -1.65. The van der Waals surface area contributed by atoms with E-state index in [1.807, 2.05) is 42.2 Å². The molecule has 0 unspecified atom stereocenters. The second kappa shape index (κ2) is 7.96. The number of hydrogen-bond donors (Lipinski definition) is 1. The SMILES string of the molecule is Cc1ccccc1C=CC(=O)N1CCCN(CCO)CC1. The lowest BCUT2D eigenvalue weighted by atomic mass is 10.1. The van der Waals surface area contributed by atoms with Crippen LogP contribution in [-0.2, 0) is 4.79 Å². The molecule has 1 amide bonds. The molecule has 0 radical (unpaired) electrons. The summed E-state index contributed by atoms with van der Waals surface area (Å²) in [4.78, 5) is 16.4. The number of nitrogens with zero attached hydrogens (tertiary/aromatic N) is 2. The van der Waals surface area contributed by atoms with Gasteiger partial charge in [0.15, 0.2) is 0 Å². The Morgan fingerprint density at radius 2 is 2.05 bits per heavy atom. The summed E-state index contributed by atoms with van der Waals surface area (Å²) in [5.74, 6) is 0.0732. The van der Waals surface area contributed by atoms with E-state index in [2.05, 4.69) is 4.90 Å². The maximum atomic E-state index is 12.3. The van der Waals surface area contributed by atoms with Gasteiger partial charge in [0.05, 0.1) is 6.61 Å². The van der Waals surface area contributed by atoms with Gasteiger partial charge in [0.1, 0.15) is 0 Å². The summed E-state index contributed by atoms with van der Waals surface area (Å²) in [6.45, 7) is 6.23. The monoisotopic (exact) mass is 288 g/mol. The second-order valence-electron chi connectivity index (χ2n) is 5.43. The zero-order chi connectivity index (χ0) is 15.1. The van der Waals surface area contributed by atoms with Crippen LogP contribution in [0.1, 0.15) is 17.5 Å². The predicted octanol–water partition coefficient (Wildman–Crippen LogP) is 1.53. The molecule has 0 aliphatic carbocycles. The molecule has 0 bridgehead atoms. The van der Waals surface area contributed by atoms with Crippen molar-refractivity contribution in [3.8, 4) is 0 Å². The van der Waals surface area contributed by atoms with E-state index in [4.69, 9.17) is 5.11 Å². The van der Waals surface area contributed by atoms with Crippen LogP contribution in [0.2, 0.25) is 0 Å². The number of carbonyl (C=O) groups excluding carboxylic acids is 1. The summed E-state index contributed by atoms with van der Waals surface area (Å²) in [6, 6.07) is 8.04. The van der Waals surface area contributed by atoms with Crippen molar-refractivity contribution in [3.05, 3.63) is 41.5 Å². The topological polar surface area (TPSA) is 43.8 Å². The summed E-state index contributed by atoms with van der Waals surface area (Å²) < 4.78 is 0. The van der Waals surface area contributed by atoms with E-state index in [-0.39, 0.29) is 12.5 Å². The molecule has 0 saturated carbocycles. The smallest absolute Gasteiger partial charge is 0.246 e. The molecule has 4 heteroatoms. The van der Waals surface area contributed by atoms with Crippen LogP contribution in [0.25, 0.3) is 6.08 Å². The minimum atomic E-state index is 0.0732. The minimum absolute atomic E-state index is 0.0732. The Bertz CT molecular complexity index is 499. The molecule has 1 aromatic rings. The van der Waals surface area contributed by atoms with Crippen molar-refractivity contribution in [1.29, 1.82) is 0 Å². The highest BCUT2D eigenvalue weighted by atomic mass is 16.3. The maximum Gasteiger partial charge on any atom is 0.246 e. The zero-order valence-electron chi connectivity index (χ0n) is 12.7. The summed E-state index contributed by atoms with van der Waals surface area (Å²) in [6.07, 6.45) is 4.53. The Labute approximate surface area is 126 Å². The molecule has 4 nitrogen and oxygen atoms in total. The number of carbonyl (C=O) groups is 1. The number of amides is 1. The van der Waals surface area contributed by atoms with Crippen molar-refractivity contribution in [2.45, 2.75) is 13.3 Å². The molecule has 0 aromatic heterocycles. The summed E-state index contributed by atoms with van der Waals surface area (Å²) in [5, 5.41) is 8.99. The van der Waals surface area contributed by atoms with Crippen molar-refractivity contribution >= 4 is 12.0 Å². The van der Waals surface area contributed by atoms with Crippen LogP contribution < -0.4 is 0 Å². The van der Waals surface area contributed by atoms with Crippen molar-refractivity contribution in [2.75, 3.05) is 39.3 Å². The predicted molar refractivity (Wildman–Crippen MR) is 84.9 cm³/mol. The van der Waals surface area contributed by atoms with E-state index in [0.717, 1.165) is 38.2 Å². The third kappa shape index (κ3) is 4.69. The van der Waals surface area contributed by atoms with Crippen molar-refractivity contribution < 1.29 is 9.90 Å². The van der Waals surface area contributed by atoms with Gasteiger partial charge in [-0.25, -0.2) is 0 Å². The standard InChI is InChI=1S/C17H24N2O2/c1-15-5-2-3-6-16(15)7-8-17(21)19-10-4-9-18(11-12-19)13-14-20/h2-3,5-8,20H,4,9-14H2,1H3. The van der Waals surface area contributed by atoms with Crippen LogP contribution in [-0.4, -0.2) is 60.1 Å². The molecule has 1 aliphatic heterocycles. The molecule has 2 rings (SSSR count). The molecule has 1 N–H and O–H groups in total. The van der Waals surface area contributed by atoms with Gasteiger partial charge in [0.25, 0.3) is 0 Å². The van der Waals surface area contributed by atoms with Crippen LogP contribution in [0.5, 0.6) is 0 Å². The molecule has 1 aromatic carbocycles. The highest BCUT2D eigenvalue weighted by Gasteiger charge is 2.16. The minimum Gasteiger partial charge on any atom is -0.395 e. The lowest BCUT2D eigenvalue weighted by Crippen LogP contribution is -2.35. The molecule has 21 heavy (non-hydrogen) atoms. The second-order valence-corrected chi connectivity index (χ2v) is 5.43. The number of benzene rings is 1. The van der Waals surface area contributed by atoms with Crippen LogP contribution in [0.4, 0.5) is 0 Å². The van der Waals surface area contributed by atoms with Gasteiger partial charge in [-0.1, -0.05) is 24.3 Å². The van der Waals surface area contributed by atoms with Gasteiger partial charge in [0.2, 0.25) is 5.91 Å². The number of aliphatic hydroxyl groups excluding tert-OH is 1. The lowest BCUT2D eigenvalue weighted by Gasteiger charge is -2.20. The van der Waals surface area contributed by atoms with E-state index in [1.165, 1.54) is 5.56 Å². The Kier molecular flexibility index (Phi) is 5.96. The van der Waals surface area contributed by atoms with E-state index < -0.39 is 0 Å². The molecular formula is C17H24N2O2. The Morgan fingerprint density at radius 3 is 2.81 bits per heavy atom. The molecule has 1 aliphatic rings. The van der Waals surface area contributed by atoms with Gasteiger partial charge in [-0.2, -0.15) is 0 Å². The van der Waals surface area contributed by atoms with E-state index in [1.54, 1.807) is 6.08 Å². The normalized spacial score (nSPS) is 17.1. The van der Waals surface area contributed by atoms with E-state index in [9.17, 15) is 4.79 Å². The average molecular weight is 288 g/mol. The lowest BCUT2D eigenvalue weighted by molar-refractivity contribution is -0.125. The van der Waals surface area contributed by atoms with E-state index in [0.29, 0.717) is 6.54 Å². The highest BCUT2D eigenvalue weighted by Crippen LogP contribution is 2.10. The third-order valence-electron chi connectivity index (χ3n) is 3.91. The molecule has 0 atom stereocenters. The number of rotatable bonds is 4. The fourth-order valence-corrected chi connectivity index (χ4v) is 2.60. The average Bonchev–Trinajstić information content (AvgIpc) is 2.72. The van der Waals surface area contributed by atoms with Gasteiger partial charge >= 0.3 is 0 Å². The largest absolute Gasteiger partial charge is 0.395 e. The molecule has 1 fully saturated rings. The van der Waals surface area contributed by atoms with Crippen molar-refractivity contribution in [1.82, 2.24) is 9.80 Å².